The fraction of sp³-hybridized carbons (Fsp3) is 1.00. The summed E-state index contributed by atoms with van der Waals surface area (Å²) in [5, 5.41) is 11.6. The van der Waals surface area contributed by atoms with E-state index in [2.05, 4.69) is 5.18 Å². The number of aliphatic hydroxyl groups is 1. The molecule has 4 heteroatoms. The molecule has 52 valence electrons. The first kappa shape index (κ1) is 6.64. The van der Waals surface area contributed by atoms with Crippen LogP contribution in [0.1, 0.15) is 6.42 Å². The number of aliphatic hydroxyl groups excluding tert-OH is 1. The van der Waals surface area contributed by atoms with Crippen LogP contribution < -0.4 is 0 Å². The van der Waals surface area contributed by atoms with E-state index in [1.807, 2.05) is 0 Å². The van der Waals surface area contributed by atoms with Gasteiger partial charge in [-0.25, -0.2) is 0 Å². The first-order chi connectivity index (χ1) is 4.34. The van der Waals surface area contributed by atoms with Crippen molar-refractivity contribution in [2.24, 2.45) is 5.18 Å². The van der Waals surface area contributed by atoms with Crippen LogP contribution in [0.25, 0.3) is 0 Å². The van der Waals surface area contributed by atoms with Crippen molar-refractivity contribution in [3.05, 3.63) is 4.91 Å². The average molecular weight is 131 g/mol. The second-order valence-electron chi connectivity index (χ2n) is 2.08. The van der Waals surface area contributed by atoms with Gasteiger partial charge in [0.2, 0.25) is 0 Å². The molecule has 1 saturated heterocycles. The van der Waals surface area contributed by atoms with Crippen molar-refractivity contribution < 1.29 is 9.84 Å². The van der Waals surface area contributed by atoms with E-state index in [-0.39, 0.29) is 12.6 Å². The van der Waals surface area contributed by atoms with E-state index in [1.165, 1.54) is 0 Å². The van der Waals surface area contributed by atoms with E-state index in [4.69, 9.17) is 9.84 Å². The topological polar surface area (TPSA) is 58.9 Å². The van der Waals surface area contributed by atoms with E-state index < -0.39 is 6.10 Å². The largest absolute Gasteiger partial charge is 0.390 e. The molecular formula is C5H9NO3. The van der Waals surface area contributed by atoms with Crippen molar-refractivity contribution in [2.75, 3.05) is 13.2 Å². The average Bonchev–Trinajstić information content (AvgIpc) is 2.18. The molecule has 0 bridgehead atoms. The highest BCUT2D eigenvalue weighted by Gasteiger charge is 2.25. The summed E-state index contributed by atoms with van der Waals surface area (Å²) in [5.74, 6) is 0. The zero-order chi connectivity index (χ0) is 6.69. The van der Waals surface area contributed by atoms with Crippen LogP contribution in [0.15, 0.2) is 5.18 Å². The first-order valence-electron chi connectivity index (χ1n) is 2.93. The minimum atomic E-state index is -0.484. The Hall–Kier alpha value is -0.480. The number of nitroso groups, excluding NO2 is 1. The van der Waals surface area contributed by atoms with Gasteiger partial charge in [-0.05, 0) is 6.42 Å². The minimum absolute atomic E-state index is 0.0706. The van der Waals surface area contributed by atoms with Gasteiger partial charge >= 0.3 is 0 Å². The summed E-state index contributed by atoms with van der Waals surface area (Å²) in [4.78, 5) is 9.67. The van der Waals surface area contributed by atoms with Crippen molar-refractivity contribution in [2.45, 2.75) is 18.6 Å². The lowest BCUT2D eigenvalue weighted by molar-refractivity contribution is 0.0488. The van der Waals surface area contributed by atoms with Gasteiger partial charge in [-0.1, -0.05) is 5.18 Å². The normalized spacial score (nSPS) is 34.8. The maximum atomic E-state index is 9.67. The van der Waals surface area contributed by atoms with Crippen LogP contribution in [0.3, 0.4) is 0 Å². The summed E-state index contributed by atoms with van der Waals surface area (Å²) in [6.45, 7) is 0.614. The Bertz CT molecular complexity index is 106. The van der Waals surface area contributed by atoms with Crippen LogP contribution in [-0.2, 0) is 4.74 Å². The molecule has 2 atom stereocenters. The number of nitrogens with zero attached hydrogens (tertiary/aromatic N) is 1. The first-order valence-corrected chi connectivity index (χ1v) is 2.93. The zero-order valence-electron chi connectivity index (χ0n) is 4.99. The minimum Gasteiger partial charge on any atom is -0.390 e. The highest BCUT2D eigenvalue weighted by atomic mass is 16.5. The monoisotopic (exact) mass is 131 g/mol. The lowest BCUT2D eigenvalue weighted by atomic mass is 10.2. The Labute approximate surface area is 52.8 Å². The Morgan fingerprint density at radius 2 is 2.56 bits per heavy atom. The van der Waals surface area contributed by atoms with Gasteiger partial charge in [0.1, 0.15) is 12.6 Å². The molecule has 4 nitrogen and oxygen atoms in total. The van der Waals surface area contributed by atoms with Crippen molar-refractivity contribution in [1.82, 2.24) is 0 Å². The maximum absolute atomic E-state index is 9.67. The summed E-state index contributed by atoms with van der Waals surface area (Å²) < 4.78 is 4.96. The van der Waals surface area contributed by atoms with Crippen LogP contribution in [0.5, 0.6) is 0 Å². The number of rotatable bonds is 2. The fourth-order valence-corrected chi connectivity index (χ4v) is 0.885. The predicted octanol–water partition coefficient (Wildman–Crippen LogP) is -0.0974. The molecule has 1 N–H and O–H groups in total. The number of hydrogen-bond acceptors (Lipinski definition) is 4. The SMILES string of the molecule is O=NC[C@H]1OCCC1O. The third-order valence-corrected chi connectivity index (χ3v) is 1.43. The van der Waals surface area contributed by atoms with Gasteiger partial charge in [0.05, 0.1) is 6.10 Å². The second-order valence-corrected chi connectivity index (χ2v) is 2.08. The lowest BCUT2D eigenvalue weighted by Gasteiger charge is -2.07. The molecule has 0 aromatic carbocycles. The molecule has 0 aromatic rings. The van der Waals surface area contributed by atoms with Crippen molar-refractivity contribution in [3.63, 3.8) is 0 Å². The van der Waals surface area contributed by atoms with Gasteiger partial charge in [-0.2, -0.15) is 4.91 Å². The van der Waals surface area contributed by atoms with Crippen molar-refractivity contribution in [1.29, 1.82) is 0 Å². The van der Waals surface area contributed by atoms with E-state index in [1.54, 1.807) is 0 Å². The summed E-state index contributed by atoms with van der Waals surface area (Å²) in [5.41, 5.74) is 0. The van der Waals surface area contributed by atoms with Crippen LogP contribution in [-0.4, -0.2) is 30.5 Å². The summed E-state index contributed by atoms with van der Waals surface area (Å²) in [6.07, 6.45) is -0.203. The molecule has 1 aliphatic heterocycles. The summed E-state index contributed by atoms with van der Waals surface area (Å²) in [7, 11) is 0. The smallest absolute Gasteiger partial charge is 0.110 e. The van der Waals surface area contributed by atoms with Crippen LogP contribution in [0.4, 0.5) is 0 Å². The zero-order valence-corrected chi connectivity index (χ0v) is 4.99. The molecule has 9 heavy (non-hydrogen) atoms. The Morgan fingerprint density at radius 3 is 3.00 bits per heavy atom. The molecule has 0 radical (unpaired) electrons. The molecule has 1 fully saturated rings. The van der Waals surface area contributed by atoms with Crippen LogP contribution in [0.2, 0.25) is 0 Å². The third-order valence-electron chi connectivity index (χ3n) is 1.43. The molecule has 0 aromatic heterocycles. The van der Waals surface area contributed by atoms with E-state index in [0.717, 1.165) is 0 Å². The number of hydrogen-bond donors (Lipinski definition) is 1. The van der Waals surface area contributed by atoms with E-state index >= 15 is 0 Å². The van der Waals surface area contributed by atoms with Gasteiger partial charge in [-0.15, -0.1) is 0 Å². The van der Waals surface area contributed by atoms with Crippen LogP contribution >= 0.6 is 0 Å². The van der Waals surface area contributed by atoms with Gasteiger partial charge < -0.3 is 9.84 Å². The highest BCUT2D eigenvalue weighted by molar-refractivity contribution is 4.76. The molecular weight excluding hydrogens is 122 g/mol. The van der Waals surface area contributed by atoms with E-state index in [0.29, 0.717) is 13.0 Å². The molecule has 1 aliphatic rings. The standard InChI is InChI=1S/C5H9NO3/c7-4-1-2-9-5(4)3-6-8/h4-5,7H,1-3H2/t4?,5-/m1/s1. The Morgan fingerprint density at radius 1 is 1.78 bits per heavy atom. The Kier molecular flexibility index (Phi) is 2.13. The molecule has 0 aliphatic carbocycles. The van der Waals surface area contributed by atoms with Gasteiger partial charge in [-0.3, -0.25) is 0 Å². The molecule has 1 heterocycles. The molecule has 0 spiro atoms. The quantitative estimate of drug-likeness (QED) is 0.532. The predicted molar refractivity (Wildman–Crippen MR) is 31.0 cm³/mol. The van der Waals surface area contributed by atoms with E-state index in [9.17, 15) is 4.91 Å². The van der Waals surface area contributed by atoms with Crippen molar-refractivity contribution >= 4 is 0 Å². The van der Waals surface area contributed by atoms with Gasteiger partial charge in [0.25, 0.3) is 0 Å². The number of ether oxygens (including phenoxy) is 1. The summed E-state index contributed by atoms with van der Waals surface area (Å²) >= 11 is 0. The molecule has 0 amide bonds. The van der Waals surface area contributed by atoms with Crippen molar-refractivity contribution in [3.8, 4) is 0 Å². The third kappa shape index (κ3) is 1.46. The fourth-order valence-electron chi connectivity index (χ4n) is 0.885. The molecule has 0 saturated carbocycles. The second kappa shape index (κ2) is 2.89. The van der Waals surface area contributed by atoms with Crippen LogP contribution in [0, 0.1) is 4.91 Å². The maximum Gasteiger partial charge on any atom is 0.110 e. The van der Waals surface area contributed by atoms with Gasteiger partial charge in [0.15, 0.2) is 0 Å². The summed E-state index contributed by atoms with van der Waals surface area (Å²) in [6, 6.07) is 0. The van der Waals surface area contributed by atoms with Gasteiger partial charge in [0, 0.05) is 6.61 Å². The Balaban J connectivity index is 2.30. The molecule has 1 unspecified atom stereocenters. The molecule has 1 rings (SSSR count). The lowest BCUT2D eigenvalue weighted by Crippen LogP contribution is -2.23. The highest BCUT2D eigenvalue weighted by Crippen LogP contribution is 2.12.